The molecule has 0 aromatic heterocycles. The van der Waals surface area contributed by atoms with Crippen molar-refractivity contribution in [3.8, 4) is 5.75 Å². The third-order valence-corrected chi connectivity index (χ3v) is 7.40. The molecule has 3 rings (SSSR count). The number of aliphatic imine (C=N–C) groups is 1. The number of benzene rings is 1. The number of β-lactam (4-membered cyclic amide) rings is 1. The summed E-state index contributed by atoms with van der Waals surface area (Å²) in [6, 6.07) is 3.16. The van der Waals surface area contributed by atoms with E-state index in [1.165, 1.54) is 23.6 Å². The molecule has 2 atom stereocenters. The molecule has 0 saturated carbocycles. The van der Waals surface area contributed by atoms with Crippen LogP contribution in [0.5, 0.6) is 5.75 Å². The van der Waals surface area contributed by atoms with Crippen LogP contribution in [-0.4, -0.2) is 64.4 Å². The number of ether oxygens (including phenoxy) is 2. The van der Waals surface area contributed by atoms with Gasteiger partial charge >= 0.3 is 11.9 Å². The molecule has 1 fully saturated rings. The summed E-state index contributed by atoms with van der Waals surface area (Å²) in [6.07, 6.45) is 1.67. The first-order valence-corrected chi connectivity index (χ1v) is 13.1. The Morgan fingerprint density at radius 1 is 1.14 bits per heavy atom. The average Bonchev–Trinajstić information content (AvgIpc) is 2.76. The van der Waals surface area contributed by atoms with E-state index in [9.17, 15) is 19.5 Å². The van der Waals surface area contributed by atoms with Crippen molar-refractivity contribution in [1.29, 1.82) is 0 Å². The second-order valence-electron chi connectivity index (χ2n) is 11.1. The molecule has 0 aliphatic carbocycles. The summed E-state index contributed by atoms with van der Waals surface area (Å²) >= 11 is 1.47. The van der Waals surface area contributed by atoms with E-state index in [2.05, 4.69) is 4.99 Å². The number of carbonyl (C=O) groups excluding carboxylic acids is 3. The van der Waals surface area contributed by atoms with Gasteiger partial charge in [-0.3, -0.25) is 19.5 Å². The quantitative estimate of drug-likeness (QED) is 0.345. The molecule has 1 saturated heterocycles. The monoisotopic (exact) mass is 516 g/mol. The van der Waals surface area contributed by atoms with Crippen LogP contribution in [0.3, 0.4) is 0 Å². The Labute approximate surface area is 217 Å². The summed E-state index contributed by atoms with van der Waals surface area (Å²) in [4.78, 5) is 43.1. The molecule has 0 unspecified atom stereocenters. The zero-order chi connectivity index (χ0) is 27.0. The van der Waals surface area contributed by atoms with Crippen molar-refractivity contribution in [2.75, 3.05) is 19.0 Å². The van der Waals surface area contributed by atoms with Crippen molar-refractivity contribution in [2.45, 2.75) is 77.6 Å². The van der Waals surface area contributed by atoms with Gasteiger partial charge in [-0.15, -0.1) is 11.8 Å². The average molecular weight is 517 g/mol. The second kappa shape index (κ2) is 10.3. The number of thioether (sulfide) groups is 1. The van der Waals surface area contributed by atoms with Gasteiger partial charge in [-0.05, 0) is 35.4 Å². The van der Waals surface area contributed by atoms with E-state index in [4.69, 9.17) is 9.47 Å². The van der Waals surface area contributed by atoms with E-state index in [-0.39, 0.29) is 46.8 Å². The number of amides is 1. The fourth-order valence-corrected chi connectivity index (χ4v) is 5.52. The maximum Gasteiger partial charge on any atom is 0.355 e. The lowest BCUT2D eigenvalue weighted by molar-refractivity contribution is -0.150. The van der Waals surface area contributed by atoms with Gasteiger partial charge in [0.2, 0.25) is 0 Å². The zero-order valence-corrected chi connectivity index (χ0v) is 23.1. The van der Waals surface area contributed by atoms with Crippen molar-refractivity contribution < 1.29 is 29.0 Å². The topological polar surface area (TPSA) is 106 Å². The van der Waals surface area contributed by atoms with Crippen molar-refractivity contribution in [1.82, 2.24) is 4.90 Å². The van der Waals surface area contributed by atoms with E-state index in [0.29, 0.717) is 11.3 Å². The number of fused-ring (bicyclic) bond motifs is 1. The maximum absolute atomic E-state index is 13.1. The first kappa shape index (κ1) is 27.8. The minimum absolute atomic E-state index is 0.0699. The standard InChI is InChI=1S/C27H36N2O6S/c1-9-34-25(33)21-17(13-35-15(2)30)14-36-24-20(23(32)29(21)24)28-12-16-10-18(26(3,4)5)22(31)19(11-16)27(6,7)8/h10-12,20,24,31H,9,13-14H2,1-8H3/t20-,24-/m1/s1. The summed E-state index contributed by atoms with van der Waals surface area (Å²) in [6.45, 7) is 15.3. The van der Waals surface area contributed by atoms with Gasteiger partial charge in [-0.25, -0.2) is 4.79 Å². The number of carbonyl (C=O) groups is 3. The minimum Gasteiger partial charge on any atom is -0.507 e. The predicted octanol–water partition coefficient (Wildman–Crippen LogP) is 4.07. The predicted molar refractivity (Wildman–Crippen MR) is 140 cm³/mol. The van der Waals surface area contributed by atoms with Crippen LogP contribution < -0.4 is 0 Å². The van der Waals surface area contributed by atoms with E-state index in [0.717, 1.165) is 16.7 Å². The number of aromatic hydroxyl groups is 1. The minimum atomic E-state index is -0.653. The van der Waals surface area contributed by atoms with Gasteiger partial charge in [-0.2, -0.15) is 0 Å². The number of esters is 2. The Bertz CT molecular complexity index is 1090. The van der Waals surface area contributed by atoms with Gasteiger partial charge < -0.3 is 14.6 Å². The van der Waals surface area contributed by atoms with Crippen LogP contribution in [0.4, 0.5) is 0 Å². The lowest BCUT2D eigenvalue weighted by Crippen LogP contribution is -2.64. The first-order valence-electron chi connectivity index (χ1n) is 12.0. The van der Waals surface area contributed by atoms with Crippen LogP contribution >= 0.6 is 11.8 Å². The normalized spacial score (nSPS) is 20.3. The third kappa shape index (κ3) is 5.61. The summed E-state index contributed by atoms with van der Waals surface area (Å²) in [5.41, 5.74) is 2.55. The molecule has 9 heteroatoms. The summed E-state index contributed by atoms with van der Waals surface area (Å²) in [5.74, 6) is -0.677. The second-order valence-corrected chi connectivity index (χ2v) is 12.2. The van der Waals surface area contributed by atoms with Crippen LogP contribution in [-0.2, 0) is 34.7 Å². The summed E-state index contributed by atoms with van der Waals surface area (Å²) in [5, 5.41) is 10.6. The van der Waals surface area contributed by atoms with Gasteiger partial charge in [0.15, 0.2) is 6.04 Å². The van der Waals surface area contributed by atoms with Gasteiger partial charge in [0, 0.05) is 35.6 Å². The first-order chi connectivity index (χ1) is 16.7. The number of phenolic OH excluding ortho intramolecular Hbond substituents is 1. The third-order valence-electron chi connectivity index (χ3n) is 6.07. The number of nitrogens with zero attached hydrogens (tertiary/aromatic N) is 2. The molecule has 2 aliphatic heterocycles. The Hall–Kier alpha value is -2.81. The smallest absolute Gasteiger partial charge is 0.355 e. The molecule has 2 aliphatic rings. The lowest BCUT2D eigenvalue weighted by atomic mass is 9.78. The maximum atomic E-state index is 13.1. The van der Waals surface area contributed by atoms with Gasteiger partial charge in [0.05, 0.1) is 6.61 Å². The highest BCUT2D eigenvalue weighted by Gasteiger charge is 2.53. The molecule has 8 nitrogen and oxygen atoms in total. The van der Waals surface area contributed by atoms with E-state index >= 15 is 0 Å². The van der Waals surface area contributed by atoms with Crippen molar-refractivity contribution >= 4 is 35.8 Å². The van der Waals surface area contributed by atoms with Crippen LogP contribution in [0, 0.1) is 0 Å². The molecule has 36 heavy (non-hydrogen) atoms. The lowest BCUT2D eigenvalue weighted by Gasteiger charge is -2.48. The Morgan fingerprint density at radius 3 is 2.22 bits per heavy atom. The summed E-state index contributed by atoms with van der Waals surface area (Å²) in [7, 11) is 0. The molecule has 1 amide bonds. The highest BCUT2D eigenvalue weighted by Crippen LogP contribution is 2.43. The Kier molecular flexibility index (Phi) is 7.93. The molecule has 196 valence electrons. The molecule has 1 aromatic carbocycles. The zero-order valence-electron chi connectivity index (χ0n) is 22.3. The molecule has 2 heterocycles. The van der Waals surface area contributed by atoms with Gasteiger partial charge in [-0.1, -0.05) is 41.5 Å². The molecular weight excluding hydrogens is 480 g/mol. The Balaban J connectivity index is 1.92. The number of hydrogen-bond donors (Lipinski definition) is 1. The fourth-order valence-electron chi connectivity index (χ4n) is 4.20. The number of rotatable bonds is 6. The largest absolute Gasteiger partial charge is 0.507 e. The summed E-state index contributed by atoms with van der Waals surface area (Å²) < 4.78 is 10.3. The SMILES string of the molecule is CCOC(=O)C1=C(COC(C)=O)CS[C@@H]2[C@H](N=Cc3cc(C(C)(C)C)c(O)c(C(C)(C)C)c3)C(=O)N12. The van der Waals surface area contributed by atoms with Crippen LogP contribution in [0.1, 0.15) is 72.1 Å². The van der Waals surface area contributed by atoms with Crippen LogP contribution in [0.25, 0.3) is 0 Å². The molecule has 0 spiro atoms. The fraction of sp³-hybridized carbons (Fsp3) is 0.556. The van der Waals surface area contributed by atoms with Crippen LogP contribution in [0.2, 0.25) is 0 Å². The molecule has 1 N–H and O–H groups in total. The van der Waals surface area contributed by atoms with E-state index in [1.807, 2.05) is 53.7 Å². The van der Waals surface area contributed by atoms with Gasteiger partial charge in [0.25, 0.3) is 5.91 Å². The molecular formula is C27H36N2O6S. The van der Waals surface area contributed by atoms with Crippen molar-refractivity contribution in [3.63, 3.8) is 0 Å². The highest BCUT2D eigenvalue weighted by molar-refractivity contribution is 8.00. The van der Waals surface area contributed by atoms with Crippen molar-refractivity contribution in [2.24, 2.45) is 4.99 Å². The van der Waals surface area contributed by atoms with Crippen molar-refractivity contribution in [3.05, 3.63) is 40.1 Å². The molecule has 0 bridgehead atoms. The Morgan fingerprint density at radius 2 is 1.72 bits per heavy atom. The van der Waals surface area contributed by atoms with E-state index in [1.54, 1.807) is 13.1 Å². The highest BCUT2D eigenvalue weighted by atomic mass is 32.2. The number of phenols is 1. The molecule has 0 radical (unpaired) electrons. The van der Waals surface area contributed by atoms with Gasteiger partial charge in [0.1, 0.15) is 23.4 Å². The molecule has 1 aromatic rings. The van der Waals surface area contributed by atoms with E-state index < -0.39 is 18.0 Å². The number of hydrogen-bond acceptors (Lipinski definition) is 8. The van der Waals surface area contributed by atoms with Crippen LogP contribution in [0.15, 0.2) is 28.4 Å².